The molecule has 1 aliphatic heterocycles. The molecular formula is C19H21N5O3. The average Bonchev–Trinajstić information content (AvgIpc) is 3.12. The Hall–Kier alpha value is -3.42. The molecule has 2 N–H and O–H groups in total. The zero-order valence-corrected chi connectivity index (χ0v) is 15.0. The number of nitro groups is 1. The van der Waals surface area contributed by atoms with Crippen molar-refractivity contribution in [2.45, 2.75) is 13.3 Å². The number of rotatable bonds is 7. The van der Waals surface area contributed by atoms with Crippen LogP contribution in [-0.2, 0) is 0 Å². The molecule has 8 heteroatoms. The van der Waals surface area contributed by atoms with Crippen molar-refractivity contribution in [3.05, 3.63) is 64.2 Å². The second-order valence-corrected chi connectivity index (χ2v) is 6.24. The highest BCUT2D eigenvalue weighted by Crippen LogP contribution is 2.20. The van der Waals surface area contributed by atoms with Gasteiger partial charge in [0.2, 0.25) is 0 Å². The average molecular weight is 367 g/mol. The van der Waals surface area contributed by atoms with E-state index in [-0.39, 0.29) is 11.6 Å². The van der Waals surface area contributed by atoms with Crippen LogP contribution in [0.1, 0.15) is 23.7 Å². The standard InChI is InChI=1S/C19H21N5O3/c1-14-10-13-23(22-14)17-6-2-15(3-7-17)19(25)21-12-11-20-16-4-8-18(9-5-16)24(26)27/h2-9,20H,10-13H2,1H3,(H,21,25). The summed E-state index contributed by atoms with van der Waals surface area (Å²) in [4.78, 5) is 22.4. The maximum atomic E-state index is 12.2. The number of nitrogens with zero attached hydrogens (tertiary/aromatic N) is 3. The molecular weight excluding hydrogens is 346 g/mol. The van der Waals surface area contributed by atoms with Crippen molar-refractivity contribution < 1.29 is 9.72 Å². The van der Waals surface area contributed by atoms with Gasteiger partial charge < -0.3 is 10.6 Å². The molecule has 140 valence electrons. The highest BCUT2D eigenvalue weighted by molar-refractivity contribution is 5.94. The molecule has 1 aliphatic rings. The van der Waals surface area contributed by atoms with Gasteiger partial charge in [-0.25, -0.2) is 0 Å². The molecule has 0 radical (unpaired) electrons. The summed E-state index contributed by atoms with van der Waals surface area (Å²) >= 11 is 0. The molecule has 2 aromatic rings. The van der Waals surface area contributed by atoms with Gasteiger partial charge in [-0.05, 0) is 43.3 Å². The Morgan fingerprint density at radius 2 is 1.85 bits per heavy atom. The largest absolute Gasteiger partial charge is 0.383 e. The van der Waals surface area contributed by atoms with E-state index in [2.05, 4.69) is 15.7 Å². The van der Waals surface area contributed by atoms with E-state index in [1.807, 2.05) is 24.1 Å². The molecule has 0 unspecified atom stereocenters. The summed E-state index contributed by atoms with van der Waals surface area (Å²) in [6.07, 6.45) is 0.962. The van der Waals surface area contributed by atoms with Crippen LogP contribution in [0.3, 0.4) is 0 Å². The van der Waals surface area contributed by atoms with Crippen LogP contribution in [-0.4, -0.2) is 36.2 Å². The van der Waals surface area contributed by atoms with Gasteiger partial charge in [-0.1, -0.05) is 0 Å². The monoisotopic (exact) mass is 367 g/mol. The third-order valence-corrected chi connectivity index (χ3v) is 4.22. The van der Waals surface area contributed by atoms with Gasteiger partial charge in [-0.2, -0.15) is 5.10 Å². The van der Waals surface area contributed by atoms with Crippen LogP contribution in [0.25, 0.3) is 0 Å². The van der Waals surface area contributed by atoms with Crippen LogP contribution in [0.15, 0.2) is 53.6 Å². The number of nitro benzene ring substituents is 1. The van der Waals surface area contributed by atoms with Gasteiger partial charge in [0.1, 0.15) is 0 Å². The van der Waals surface area contributed by atoms with Crippen molar-refractivity contribution >= 4 is 28.7 Å². The zero-order chi connectivity index (χ0) is 19.2. The van der Waals surface area contributed by atoms with E-state index in [4.69, 9.17) is 0 Å². The van der Waals surface area contributed by atoms with E-state index in [0.29, 0.717) is 18.7 Å². The molecule has 0 saturated carbocycles. The van der Waals surface area contributed by atoms with Crippen molar-refractivity contribution in [3.8, 4) is 0 Å². The minimum atomic E-state index is -0.438. The first-order chi connectivity index (χ1) is 13.0. The fourth-order valence-electron chi connectivity index (χ4n) is 2.73. The van der Waals surface area contributed by atoms with E-state index in [1.165, 1.54) is 12.1 Å². The smallest absolute Gasteiger partial charge is 0.269 e. The van der Waals surface area contributed by atoms with Gasteiger partial charge in [-0.3, -0.25) is 19.9 Å². The molecule has 27 heavy (non-hydrogen) atoms. The summed E-state index contributed by atoms with van der Waals surface area (Å²) in [6, 6.07) is 13.5. The molecule has 0 aliphatic carbocycles. The van der Waals surface area contributed by atoms with Crippen LogP contribution in [0.5, 0.6) is 0 Å². The molecule has 8 nitrogen and oxygen atoms in total. The third kappa shape index (κ3) is 4.81. The van der Waals surface area contributed by atoms with E-state index in [0.717, 1.165) is 30.1 Å². The highest BCUT2D eigenvalue weighted by Gasteiger charge is 2.13. The topological polar surface area (TPSA) is 99.9 Å². The van der Waals surface area contributed by atoms with E-state index < -0.39 is 4.92 Å². The lowest BCUT2D eigenvalue weighted by molar-refractivity contribution is -0.384. The van der Waals surface area contributed by atoms with Crippen molar-refractivity contribution in [1.29, 1.82) is 0 Å². The first-order valence-corrected chi connectivity index (χ1v) is 8.71. The van der Waals surface area contributed by atoms with Gasteiger partial charge in [0.25, 0.3) is 11.6 Å². The Labute approximate surface area is 157 Å². The van der Waals surface area contributed by atoms with E-state index >= 15 is 0 Å². The Morgan fingerprint density at radius 3 is 2.44 bits per heavy atom. The van der Waals surface area contributed by atoms with Gasteiger partial charge in [-0.15, -0.1) is 0 Å². The first kappa shape index (κ1) is 18.4. The minimum absolute atomic E-state index is 0.0482. The molecule has 2 aromatic carbocycles. The van der Waals surface area contributed by atoms with Gasteiger partial charge in [0, 0.05) is 55.2 Å². The number of benzene rings is 2. The molecule has 0 spiro atoms. The van der Waals surface area contributed by atoms with Gasteiger partial charge in [0.05, 0.1) is 10.6 Å². The number of carbonyl (C=O) groups excluding carboxylic acids is 1. The Bertz CT molecular complexity index is 847. The van der Waals surface area contributed by atoms with Crippen molar-refractivity contribution in [2.75, 3.05) is 30.0 Å². The van der Waals surface area contributed by atoms with Crippen LogP contribution in [0.4, 0.5) is 17.1 Å². The summed E-state index contributed by atoms with van der Waals surface area (Å²) in [7, 11) is 0. The molecule has 0 fully saturated rings. The van der Waals surface area contributed by atoms with Crippen LogP contribution in [0, 0.1) is 10.1 Å². The molecule has 1 heterocycles. The molecule has 0 bridgehead atoms. The summed E-state index contributed by atoms with van der Waals surface area (Å²) in [5, 5.41) is 23.0. The number of amides is 1. The van der Waals surface area contributed by atoms with E-state index in [9.17, 15) is 14.9 Å². The SMILES string of the molecule is CC1=NN(c2ccc(C(=O)NCCNc3ccc([N+](=O)[O-])cc3)cc2)CC1. The van der Waals surface area contributed by atoms with Crippen molar-refractivity contribution in [1.82, 2.24) is 5.32 Å². The molecule has 0 aromatic heterocycles. The third-order valence-electron chi connectivity index (χ3n) is 4.22. The fraction of sp³-hybridized carbons (Fsp3) is 0.263. The first-order valence-electron chi connectivity index (χ1n) is 8.71. The Balaban J connectivity index is 1.44. The summed E-state index contributed by atoms with van der Waals surface area (Å²) in [6.45, 7) is 3.83. The summed E-state index contributed by atoms with van der Waals surface area (Å²) in [5.74, 6) is -0.145. The van der Waals surface area contributed by atoms with Crippen LogP contribution < -0.4 is 15.6 Å². The molecule has 0 saturated heterocycles. The summed E-state index contributed by atoms with van der Waals surface area (Å²) in [5.41, 5.74) is 3.49. The summed E-state index contributed by atoms with van der Waals surface area (Å²) < 4.78 is 0. The second-order valence-electron chi connectivity index (χ2n) is 6.24. The number of carbonyl (C=O) groups is 1. The lowest BCUT2D eigenvalue weighted by atomic mass is 10.2. The normalized spacial score (nSPS) is 13.2. The van der Waals surface area contributed by atoms with Gasteiger partial charge >= 0.3 is 0 Å². The predicted molar refractivity (Wildman–Crippen MR) is 105 cm³/mol. The minimum Gasteiger partial charge on any atom is -0.383 e. The lowest BCUT2D eigenvalue weighted by Gasteiger charge is -2.14. The second kappa shape index (κ2) is 8.31. The number of hydrogen-bond acceptors (Lipinski definition) is 6. The number of non-ortho nitro benzene ring substituents is 1. The quantitative estimate of drug-likeness (QED) is 0.445. The maximum Gasteiger partial charge on any atom is 0.269 e. The number of hydrogen-bond donors (Lipinski definition) is 2. The fourth-order valence-corrected chi connectivity index (χ4v) is 2.73. The molecule has 0 atom stereocenters. The van der Waals surface area contributed by atoms with Crippen LogP contribution in [0.2, 0.25) is 0 Å². The molecule has 3 rings (SSSR count). The zero-order valence-electron chi connectivity index (χ0n) is 15.0. The Kier molecular flexibility index (Phi) is 5.65. The highest BCUT2D eigenvalue weighted by atomic mass is 16.6. The maximum absolute atomic E-state index is 12.2. The number of hydrazone groups is 1. The number of nitrogens with one attached hydrogen (secondary N) is 2. The van der Waals surface area contributed by atoms with Gasteiger partial charge in [0.15, 0.2) is 0 Å². The van der Waals surface area contributed by atoms with Crippen LogP contribution >= 0.6 is 0 Å². The Morgan fingerprint density at radius 1 is 1.15 bits per heavy atom. The van der Waals surface area contributed by atoms with E-state index in [1.54, 1.807) is 24.3 Å². The van der Waals surface area contributed by atoms with Crippen molar-refractivity contribution in [3.63, 3.8) is 0 Å². The predicted octanol–water partition coefficient (Wildman–Crippen LogP) is 3.02. The number of anilines is 2. The molecule has 1 amide bonds. The lowest BCUT2D eigenvalue weighted by Crippen LogP contribution is -2.28. The van der Waals surface area contributed by atoms with Crippen molar-refractivity contribution in [2.24, 2.45) is 5.10 Å².